The van der Waals surface area contributed by atoms with E-state index in [-0.39, 0.29) is 0 Å². The smallest absolute Gasteiger partial charge is 0.145 e. The topological polar surface area (TPSA) is 17.8 Å². The molecule has 0 N–H and O–H groups in total. The molecule has 0 bridgehead atoms. The molecule has 2 nitrogen and oxygen atoms in total. The number of benzene rings is 7. The Morgan fingerprint density at radius 2 is 1.23 bits per heavy atom. The lowest BCUT2D eigenvalue weighted by Crippen LogP contribution is -2.12. The van der Waals surface area contributed by atoms with Crippen LogP contribution in [-0.4, -0.2) is 9.55 Å². The van der Waals surface area contributed by atoms with Gasteiger partial charge in [-0.1, -0.05) is 166 Å². The molecule has 10 rings (SSSR count). The average molecular weight is 735 g/mol. The van der Waals surface area contributed by atoms with Crippen LogP contribution in [0.15, 0.2) is 158 Å². The Morgan fingerprint density at radius 3 is 1.89 bits per heavy atom. The van der Waals surface area contributed by atoms with Gasteiger partial charge >= 0.3 is 0 Å². The monoisotopic (exact) mass is 734 g/mol. The highest BCUT2D eigenvalue weighted by atomic mass is 15.1. The highest BCUT2D eigenvalue weighted by molar-refractivity contribution is 6.17. The van der Waals surface area contributed by atoms with Crippen molar-refractivity contribution in [1.29, 1.82) is 0 Å². The molecule has 8 aromatic rings. The molecule has 2 aliphatic carbocycles. The van der Waals surface area contributed by atoms with Crippen molar-refractivity contribution in [3.05, 3.63) is 186 Å². The summed E-state index contributed by atoms with van der Waals surface area (Å²) in [5, 5.41) is 7.71. The first kappa shape index (κ1) is 34.9. The standard InChI is InChI=1S/C55H46N2/c1-5-6-15-37(4)57-52-32-35(2)26-31-51(52)56-55(57)41-29-27-40(28-30-41)48-34-50-49(33-36(48)3)53(44-24-13-18-38-16-7-9-20-42(38)44)46-22-11-12-23-47(46)54(50)45-25-14-19-39-17-8-10-21-43(39)45/h5-31,34-36H,32-33H2,1-4H3/b6-5-,37-15+. The third-order valence-electron chi connectivity index (χ3n) is 12.3. The number of imidazole rings is 1. The molecule has 0 aliphatic heterocycles. The average Bonchev–Trinajstić information content (AvgIpc) is 3.63. The SMILES string of the molecule is C/C=C\C=C(/C)n1c(-c2ccc(C3=Cc4c(c(-c5cccc6ccccc56)c5ccccc5c4-c4cccc5ccccc45)CC3C)cc2)nc2c1CC(C)C=C2. The number of fused-ring (bicyclic) bond motifs is 5. The minimum atomic E-state index is 0.311. The lowest BCUT2D eigenvalue weighted by Gasteiger charge is -2.30. The Kier molecular flexibility index (Phi) is 8.71. The Balaban J connectivity index is 1.20. The van der Waals surface area contributed by atoms with E-state index in [0.29, 0.717) is 11.8 Å². The minimum absolute atomic E-state index is 0.311. The molecule has 0 amide bonds. The molecule has 1 heterocycles. The molecule has 0 fully saturated rings. The van der Waals surface area contributed by atoms with E-state index in [0.717, 1.165) is 29.9 Å². The lowest BCUT2D eigenvalue weighted by molar-refractivity contribution is 0.689. The number of rotatable bonds is 6. The fraction of sp³-hybridized carbons (Fsp3) is 0.145. The first-order valence-corrected chi connectivity index (χ1v) is 20.4. The van der Waals surface area contributed by atoms with Gasteiger partial charge in [0.2, 0.25) is 0 Å². The van der Waals surface area contributed by atoms with Gasteiger partial charge in [0.1, 0.15) is 5.82 Å². The zero-order chi connectivity index (χ0) is 38.6. The molecule has 0 radical (unpaired) electrons. The zero-order valence-electron chi connectivity index (χ0n) is 33.1. The third-order valence-corrected chi connectivity index (χ3v) is 12.3. The molecule has 7 aromatic carbocycles. The predicted molar refractivity (Wildman–Crippen MR) is 245 cm³/mol. The van der Waals surface area contributed by atoms with Crippen LogP contribution in [0, 0.1) is 11.8 Å². The summed E-state index contributed by atoms with van der Waals surface area (Å²) in [5.41, 5.74) is 15.3. The van der Waals surface area contributed by atoms with Crippen molar-refractivity contribution in [2.75, 3.05) is 0 Å². The Hall–Kier alpha value is -6.51. The van der Waals surface area contributed by atoms with Crippen LogP contribution >= 0.6 is 0 Å². The fourth-order valence-corrected chi connectivity index (χ4v) is 9.57. The van der Waals surface area contributed by atoms with Crippen molar-refractivity contribution in [3.8, 4) is 33.6 Å². The van der Waals surface area contributed by atoms with Gasteiger partial charge in [-0.25, -0.2) is 4.98 Å². The lowest BCUT2D eigenvalue weighted by atomic mass is 9.73. The van der Waals surface area contributed by atoms with Crippen molar-refractivity contribution in [2.45, 2.75) is 40.5 Å². The molecule has 57 heavy (non-hydrogen) atoms. The molecule has 2 aliphatic rings. The van der Waals surface area contributed by atoms with E-state index >= 15 is 0 Å². The predicted octanol–water partition coefficient (Wildman–Crippen LogP) is 14.7. The van der Waals surface area contributed by atoms with E-state index in [4.69, 9.17) is 4.98 Å². The Labute approximate surface area is 335 Å². The minimum Gasteiger partial charge on any atom is -0.300 e. The van der Waals surface area contributed by atoms with Gasteiger partial charge in [-0.05, 0) is 134 Å². The van der Waals surface area contributed by atoms with Gasteiger partial charge < -0.3 is 4.57 Å². The van der Waals surface area contributed by atoms with Crippen LogP contribution in [0.4, 0.5) is 0 Å². The molecule has 2 heteroatoms. The molecule has 0 saturated carbocycles. The van der Waals surface area contributed by atoms with Crippen LogP contribution in [0.1, 0.15) is 55.8 Å². The van der Waals surface area contributed by atoms with Crippen LogP contribution in [0.2, 0.25) is 0 Å². The van der Waals surface area contributed by atoms with Crippen molar-refractivity contribution < 1.29 is 0 Å². The number of hydrogen-bond acceptors (Lipinski definition) is 1. The number of hydrogen-bond donors (Lipinski definition) is 0. The summed E-state index contributed by atoms with van der Waals surface area (Å²) >= 11 is 0. The van der Waals surface area contributed by atoms with Crippen LogP contribution in [0.25, 0.3) is 89.4 Å². The van der Waals surface area contributed by atoms with Crippen LogP contribution in [0.5, 0.6) is 0 Å². The second-order valence-electron chi connectivity index (χ2n) is 16.0. The Bertz CT molecular complexity index is 2990. The van der Waals surface area contributed by atoms with Crippen molar-refractivity contribution >= 4 is 55.7 Å². The van der Waals surface area contributed by atoms with E-state index in [1.807, 2.05) is 0 Å². The van der Waals surface area contributed by atoms with Gasteiger partial charge in [0, 0.05) is 11.3 Å². The second kappa shape index (κ2) is 14.2. The first-order valence-electron chi connectivity index (χ1n) is 20.4. The highest BCUT2D eigenvalue weighted by Gasteiger charge is 2.29. The Morgan fingerprint density at radius 1 is 0.649 bits per heavy atom. The molecule has 2 atom stereocenters. The van der Waals surface area contributed by atoms with Crippen LogP contribution in [-0.2, 0) is 12.8 Å². The quantitative estimate of drug-likeness (QED) is 0.156. The van der Waals surface area contributed by atoms with Crippen molar-refractivity contribution in [1.82, 2.24) is 9.55 Å². The van der Waals surface area contributed by atoms with Crippen LogP contribution in [0.3, 0.4) is 0 Å². The van der Waals surface area contributed by atoms with Gasteiger partial charge in [-0.15, -0.1) is 0 Å². The maximum Gasteiger partial charge on any atom is 0.145 e. The number of nitrogens with zero attached hydrogens (tertiary/aromatic N) is 2. The number of aromatic nitrogens is 2. The largest absolute Gasteiger partial charge is 0.300 e. The van der Waals surface area contributed by atoms with Gasteiger partial charge in [-0.2, -0.15) is 0 Å². The summed E-state index contributed by atoms with van der Waals surface area (Å²) in [6.07, 6.45) is 15.3. The summed E-state index contributed by atoms with van der Waals surface area (Å²) in [4.78, 5) is 5.23. The molecule has 1 aromatic heterocycles. The van der Waals surface area contributed by atoms with E-state index in [1.54, 1.807) is 0 Å². The molecule has 0 saturated heterocycles. The van der Waals surface area contributed by atoms with E-state index in [9.17, 15) is 0 Å². The molecular formula is C55H46N2. The summed E-state index contributed by atoms with van der Waals surface area (Å²) < 4.78 is 2.37. The van der Waals surface area contributed by atoms with Crippen molar-refractivity contribution in [3.63, 3.8) is 0 Å². The normalized spacial score (nSPS) is 16.7. The van der Waals surface area contributed by atoms with Crippen molar-refractivity contribution in [2.24, 2.45) is 11.8 Å². The zero-order valence-corrected chi connectivity index (χ0v) is 33.1. The van der Waals surface area contributed by atoms with Gasteiger partial charge in [-0.3, -0.25) is 0 Å². The van der Waals surface area contributed by atoms with E-state index in [1.165, 1.54) is 88.2 Å². The van der Waals surface area contributed by atoms with E-state index < -0.39 is 0 Å². The molecule has 0 spiro atoms. The summed E-state index contributed by atoms with van der Waals surface area (Å²) in [6, 6.07) is 49.6. The van der Waals surface area contributed by atoms with Gasteiger partial charge in [0.25, 0.3) is 0 Å². The molecule has 2 unspecified atom stereocenters. The molecular weight excluding hydrogens is 689 g/mol. The summed E-state index contributed by atoms with van der Waals surface area (Å²) in [6.45, 7) is 8.95. The van der Waals surface area contributed by atoms with E-state index in [2.05, 4.69) is 202 Å². The summed E-state index contributed by atoms with van der Waals surface area (Å²) in [7, 11) is 0. The number of allylic oxidation sites excluding steroid dienone is 6. The van der Waals surface area contributed by atoms with Gasteiger partial charge in [0.05, 0.1) is 11.4 Å². The molecule has 276 valence electrons. The second-order valence-corrected chi connectivity index (χ2v) is 16.0. The van der Waals surface area contributed by atoms with Gasteiger partial charge in [0.15, 0.2) is 0 Å². The fourth-order valence-electron chi connectivity index (χ4n) is 9.57. The maximum atomic E-state index is 5.23. The summed E-state index contributed by atoms with van der Waals surface area (Å²) in [5.74, 6) is 1.80. The third kappa shape index (κ3) is 5.90. The first-order chi connectivity index (χ1) is 28.0. The maximum absolute atomic E-state index is 5.23. The highest BCUT2D eigenvalue weighted by Crippen LogP contribution is 2.50. The van der Waals surface area contributed by atoms with Crippen LogP contribution < -0.4 is 0 Å².